The molecule has 1 heterocycles. The molecule has 0 bridgehead atoms. The Labute approximate surface area is 117 Å². The van der Waals surface area contributed by atoms with Crippen LogP contribution in [-0.2, 0) is 13.7 Å². The number of ether oxygens (including phenoxy) is 1. The van der Waals surface area contributed by atoms with Gasteiger partial charge < -0.3 is 9.84 Å². The van der Waals surface area contributed by atoms with E-state index in [1.807, 2.05) is 38.2 Å². The van der Waals surface area contributed by atoms with Gasteiger partial charge in [0.25, 0.3) is 0 Å². The van der Waals surface area contributed by atoms with Gasteiger partial charge in [0.15, 0.2) is 0 Å². The highest BCUT2D eigenvalue weighted by atomic mass is 35.5. The number of aliphatic hydroxyl groups is 1. The van der Waals surface area contributed by atoms with Crippen LogP contribution in [0, 0.1) is 6.92 Å². The van der Waals surface area contributed by atoms with Crippen molar-refractivity contribution < 1.29 is 9.84 Å². The maximum Gasteiger partial charge on any atom is 0.131 e. The monoisotopic (exact) mass is 280 g/mol. The molecule has 0 aliphatic rings. The third-order valence-electron chi connectivity index (χ3n) is 2.98. The van der Waals surface area contributed by atoms with Crippen LogP contribution < -0.4 is 4.74 Å². The molecule has 0 unspecified atom stereocenters. The molecule has 4 nitrogen and oxygen atoms in total. The summed E-state index contributed by atoms with van der Waals surface area (Å²) >= 11 is 6.16. The molecule has 0 saturated carbocycles. The first-order valence-corrected chi connectivity index (χ1v) is 6.45. The lowest BCUT2D eigenvalue weighted by atomic mass is 10.1. The molecular weight excluding hydrogens is 264 g/mol. The van der Waals surface area contributed by atoms with Crippen molar-refractivity contribution in [3.05, 3.63) is 46.2 Å². The van der Waals surface area contributed by atoms with Crippen molar-refractivity contribution in [2.45, 2.75) is 26.6 Å². The lowest BCUT2D eigenvalue weighted by Crippen LogP contribution is -2.04. The molecule has 0 radical (unpaired) electrons. The van der Waals surface area contributed by atoms with E-state index < -0.39 is 6.10 Å². The third kappa shape index (κ3) is 3.08. The van der Waals surface area contributed by atoms with Gasteiger partial charge in [-0.05, 0) is 31.5 Å². The van der Waals surface area contributed by atoms with Gasteiger partial charge in [-0.2, -0.15) is 5.10 Å². The van der Waals surface area contributed by atoms with E-state index in [1.165, 1.54) is 0 Å². The summed E-state index contributed by atoms with van der Waals surface area (Å²) in [4.78, 5) is 0. The first kappa shape index (κ1) is 13.9. The average molecular weight is 281 g/mol. The molecule has 2 aromatic rings. The molecule has 2 rings (SSSR count). The fraction of sp³-hybridized carbons (Fsp3) is 0.357. The third-order valence-corrected chi connectivity index (χ3v) is 3.47. The Kier molecular flexibility index (Phi) is 4.12. The van der Waals surface area contributed by atoms with Crippen LogP contribution in [0.4, 0.5) is 0 Å². The molecule has 1 aromatic heterocycles. The van der Waals surface area contributed by atoms with Crippen LogP contribution >= 0.6 is 11.6 Å². The van der Waals surface area contributed by atoms with Crippen molar-refractivity contribution in [2.24, 2.45) is 7.05 Å². The van der Waals surface area contributed by atoms with Gasteiger partial charge >= 0.3 is 0 Å². The number of aliphatic hydroxyl groups excluding tert-OH is 1. The molecule has 0 aliphatic heterocycles. The molecule has 19 heavy (non-hydrogen) atoms. The Bertz CT molecular complexity index is 579. The highest BCUT2D eigenvalue weighted by molar-refractivity contribution is 6.31. The zero-order valence-electron chi connectivity index (χ0n) is 11.2. The topological polar surface area (TPSA) is 47.3 Å². The van der Waals surface area contributed by atoms with Gasteiger partial charge in [0.1, 0.15) is 12.4 Å². The fourth-order valence-electron chi connectivity index (χ4n) is 1.85. The summed E-state index contributed by atoms with van der Waals surface area (Å²) < 4.78 is 7.42. The Morgan fingerprint density at radius 2 is 2.21 bits per heavy atom. The van der Waals surface area contributed by atoms with E-state index in [2.05, 4.69) is 5.10 Å². The van der Waals surface area contributed by atoms with Crippen molar-refractivity contribution in [1.82, 2.24) is 9.78 Å². The van der Waals surface area contributed by atoms with E-state index in [4.69, 9.17) is 16.3 Å². The van der Waals surface area contributed by atoms with E-state index in [9.17, 15) is 5.11 Å². The molecule has 5 heteroatoms. The van der Waals surface area contributed by atoms with E-state index in [-0.39, 0.29) is 0 Å². The number of aryl methyl sites for hydroxylation is 2. The molecule has 1 aromatic carbocycles. The second-order valence-corrected chi connectivity index (χ2v) is 4.88. The number of rotatable bonds is 4. The molecule has 1 atom stereocenters. The van der Waals surface area contributed by atoms with E-state index >= 15 is 0 Å². The minimum atomic E-state index is -0.508. The van der Waals surface area contributed by atoms with Crippen molar-refractivity contribution in [1.29, 1.82) is 0 Å². The number of benzene rings is 1. The van der Waals surface area contributed by atoms with Gasteiger partial charge in [0, 0.05) is 7.05 Å². The summed E-state index contributed by atoms with van der Waals surface area (Å²) in [5.41, 5.74) is 2.45. The second-order valence-electron chi connectivity index (χ2n) is 4.51. The predicted molar refractivity (Wildman–Crippen MR) is 74.4 cm³/mol. The Morgan fingerprint density at radius 1 is 1.47 bits per heavy atom. The summed E-state index contributed by atoms with van der Waals surface area (Å²) in [5, 5.41) is 14.4. The van der Waals surface area contributed by atoms with Crippen molar-refractivity contribution in [3.8, 4) is 5.75 Å². The molecule has 0 spiro atoms. The first-order valence-electron chi connectivity index (χ1n) is 6.08. The van der Waals surface area contributed by atoms with Gasteiger partial charge in [0.05, 0.1) is 22.5 Å². The van der Waals surface area contributed by atoms with Crippen LogP contribution in [0.3, 0.4) is 0 Å². The summed E-state index contributed by atoms with van der Waals surface area (Å²) in [6, 6.07) is 7.39. The summed E-state index contributed by atoms with van der Waals surface area (Å²) in [6.45, 7) is 3.93. The smallest absolute Gasteiger partial charge is 0.131 e. The van der Waals surface area contributed by atoms with Crippen molar-refractivity contribution in [2.75, 3.05) is 0 Å². The maximum absolute atomic E-state index is 9.53. The Balaban J connectivity index is 2.12. The maximum atomic E-state index is 9.53. The molecular formula is C14H17ClN2O2. The second kappa shape index (κ2) is 5.63. The van der Waals surface area contributed by atoms with Crippen molar-refractivity contribution >= 4 is 11.6 Å². The number of hydrogen-bond donors (Lipinski definition) is 1. The largest absolute Gasteiger partial charge is 0.487 e. The highest BCUT2D eigenvalue weighted by Crippen LogP contribution is 2.23. The normalized spacial score (nSPS) is 12.5. The molecule has 0 amide bonds. The van der Waals surface area contributed by atoms with E-state index in [0.29, 0.717) is 17.4 Å². The van der Waals surface area contributed by atoms with Crippen LogP contribution in [0.1, 0.15) is 30.0 Å². The lowest BCUT2D eigenvalue weighted by molar-refractivity contribution is 0.198. The molecule has 0 aliphatic carbocycles. The minimum absolute atomic E-state index is 0.347. The van der Waals surface area contributed by atoms with E-state index in [0.717, 1.165) is 17.0 Å². The van der Waals surface area contributed by atoms with Gasteiger partial charge in [-0.3, -0.25) is 4.68 Å². The average Bonchev–Trinajstić information content (AvgIpc) is 2.61. The highest BCUT2D eigenvalue weighted by Gasteiger charge is 2.11. The predicted octanol–water partition coefficient (Wildman–Crippen LogP) is 3.01. The SMILES string of the molecule is Cc1nn(C)c(COc2cccc([C@@H](C)O)c2)c1Cl. The number of halogens is 1. The molecule has 1 N–H and O–H groups in total. The van der Waals surface area contributed by atoms with Gasteiger partial charge in [-0.15, -0.1) is 0 Å². The standard InChI is InChI=1S/C14H17ClN2O2/c1-9-14(15)13(17(3)16-9)8-19-12-6-4-5-11(7-12)10(2)18/h4-7,10,18H,8H2,1-3H3/t10-/m1/s1. The van der Waals surface area contributed by atoms with Crippen LogP contribution in [0.5, 0.6) is 5.75 Å². The van der Waals surface area contributed by atoms with Crippen LogP contribution in [-0.4, -0.2) is 14.9 Å². The van der Waals surface area contributed by atoms with Crippen LogP contribution in [0.2, 0.25) is 5.02 Å². The summed E-state index contributed by atoms with van der Waals surface area (Å²) in [7, 11) is 1.84. The van der Waals surface area contributed by atoms with Gasteiger partial charge in [-0.25, -0.2) is 0 Å². The first-order chi connectivity index (χ1) is 8.99. The number of hydrogen-bond acceptors (Lipinski definition) is 3. The Morgan fingerprint density at radius 3 is 2.79 bits per heavy atom. The zero-order valence-corrected chi connectivity index (χ0v) is 12.0. The fourth-order valence-corrected chi connectivity index (χ4v) is 2.07. The molecule has 0 fully saturated rings. The summed E-state index contributed by atoms with van der Waals surface area (Å²) in [5.74, 6) is 0.702. The van der Waals surface area contributed by atoms with E-state index in [1.54, 1.807) is 11.6 Å². The van der Waals surface area contributed by atoms with Crippen LogP contribution in [0.25, 0.3) is 0 Å². The Hall–Kier alpha value is -1.52. The zero-order chi connectivity index (χ0) is 14.0. The minimum Gasteiger partial charge on any atom is -0.487 e. The van der Waals surface area contributed by atoms with Crippen LogP contribution in [0.15, 0.2) is 24.3 Å². The van der Waals surface area contributed by atoms with Crippen molar-refractivity contribution in [3.63, 3.8) is 0 Å². The quantitative estimate of drug-likeness (QED) is 0.936. The lowest BCUT2D eigenvalue weighted by Gasteiger charge is -2.10. The summed E-state index contributed by atoms with van der Waals surface area (Å²) in [6.07, 6.45) is -0.508. The number of nitrogens with zero attached hydrogens (tertiary/aromatic N) is 2. The number of aromatic nitrogens is 2. The van der Waals surface area contributed by atoms with Gasteiger partial charge in [0.2, 0.25) is 0 Å². The van der Waals surface area contributed by atoms with Gasteiger partial charge in [-0.1, -0.05) is 23.7 Å². The molecule has 102 valence electrons. The molecule has 0 saturated heterocycles.